The number of para-hydroxylation sites is 1. The van der Waals surface area contributed by atoms with E-state index in [2.05, 4.69) is 9.97 Å². The molecule has 92 valence electrons. The van der Waals surface area contributed by atoms with Crippen LogP contribution in [0.25, 0.3) is 0 Å². The van der Waals surface area contributed by atoms with Crippen molar-refractivity contribution in [3.05, 3.63) is 48.3 Å². The third-order valence-electron chi connectivity index (χ3n) is 2.52. The predicted molar refractivity (Wildman–Crippen MR) is 77.0 cm³/mol. The molecule has 1 aromatic carbocycles. The van der Waals surface area contributed by atoms with Crippen LogP contribution in [0.3, 0.4) is 0 Å². The monoisotopic (exact) mass is 258 g/mol. The lowest BCUT2D eigenvalue weighted by Gasteiger charge is -2.20. The molecule has 0 saturated heterocycles. The summed E-state index contributed by atoms with van der Waals surface area (Å²) in [4.78, 5) is 10.9. The molecule has 0 radical (unpaired) electrons. The molecule has 18 heavy (non-hydrogen) atoms. The van der Waals surface area contributed by atoms with Gasteiger partial charge in [-0.25, -0.2) is 9.97 Å². The SMILES string of the molecule is CCN(c1ccccc1)c1nccc(C(N)=S)n1. The summed E-state index contributed by atoms with van der Waals surface area (Å²) >= 11 is 4.93. The Morgan fingerprint density at radius 3 is 2.61 bits per heavy atom. The van der Waals surface area contributed by atoms with Crippen molar-refractivity contribution < 1.29 is 0 Å². The minimum absolute atomic E-state index is 0.280. The van der Waals surface area contributed by atoms with Crippen LogP contribution < -0.4 is 10.6 Å². The molecule has 1 aromatic heterocycles. The summed E-state index contributed by atoms with van der Waals surface area (Å²) in [5.74, 6) is 0.606. The van der Waals surface area contributed by atoms with E-state index in [0.29, 0.717) is 11.6 Å². The number of nitrogens with two attached hydrogens (primary N) is 1. The molecule has 0 aliphatic rings. The van der Waals surface area contributed by atoms with E-state index in [1.165, 1.54) is 0 Å². The maximum absolute atomic E-state index is 5.59. The van der Waals surface area contributed by atoms with Gasteiger partial charge in [0.05, 0.1) is 0 Å². The van der Waals surface area contributed by atoms with Crippen molar-refractivity contribution in [1.29, 1.82) is 0 Å². The van der Waals surface area contributed by atoms with Crippen molar-refractivity contribution in [2.45, 2.75) is 6.92 Å². The smallest absolute Gasteiger partial charge is 0.230 e. The van der Waals surface area contributed by atoms with Crippen molar-refractivity contribution in [2.75, 3.05) is 11.4 Å². The van der Waals surface area contributed by atoms with Gasteiger partial charge in [-0.05, 0) is 25.1 Å². The summed E-state index contributed by atoms with van der Waals surface area (Å²) in [5, 5.41) is 0. The summed E-state index contributed by atoms with van der Waals surface area (Å²) < 4.78 is 0. The van der Waals surface area contributed by atoms with Gasteiger partial charge in [-0.2, -0.15) is 0 Å². The second kappa shape index (κ2) is 5.55. The molecule has 0 aliphatic carbocycles. The molecular weight excluding hydrogens is 244 g/mol. The van der Waals surface area contributed by atoms with E-state index in [9.17, 15) is 0 Å². The van der Waals surface area contributed by atoms with Crippen LogP contribution in [-0.2, 0) is 0 Å². The van der Waals surface area contributed by atoms with Gasteiger partial charge in [-0.3, -0.25) is 0 Å². The zero-order valence-corrected chi connectivity index (χ0v) is 10.9. The van der Waals surface area contributed by atoms with Crippen molar-refractivity contribution in [1.82, 2.24) is 9.97 Å². The molecule has 1 heterocycles. The Morgan fingerprint density at radius 2 is 2.00 bits per heavy atom. The maximum Gasteiger partial charge on any atom is 0.230 e. The Kier molecular flexibility index (Phi) is 3.84. The van der Waals surface area contributed by atoms with E-state index < -0.39 is 0 Å². The molecule has 0 bridgehead atoms. The van der Waals surface area contributed by atoms with Gasteiger partial charge >= 0.3 is 0 Å². The highest BCUT2D eigenvalue weighted by Crippen LogP contribution is 2.20. The first kappa shape index (κ1) is 12.4. The summed E-state index contributed by atoms with van der Waals surface area (Å²) in [6.45, 7) is 2.81. The molecule has 0 unspecified atom stereocenters. The number of aromatic nitrogens is 2. The summed E-state index contributed by atoms with van der Waals surface area (Å²) in [6.07, 6.45) is 1.67. The number of hydrogen-bond donors (Lipinski definition) is 1. The Labute approximate surface area is 111 Å². The second-order valence-corrected chi connectivity index (χ2v) is 4.13. The summed E-state index contributed by atoms with van der Waals surface area (Å²) in [5.41, 5.74) is 7.21. The van der Waals surface area contributed by atoms with Gasteiger partial charge in [0.25, 0.3) is 0 Å². The lowest BCUT2D eigenvalue weighted by atomic mass is 10.3. The number of benzene rings is 1. The maximum atomic E-state index is 5.59. The molecule has 0 atom stereocenters. The number of rotatable bonds is 4. The average molecular weight is 258 g/mol. The third kappa shape index (κ3) is 2.62. The van der Waals surface area contributed by atoms with Crippen LogP contribution in [0.5, 0.6) is 0 Å². The largest absolute Gasteiger partial charge is 0.388 e. The van der Waals surface area contributed by atoms with Crippen molar-refractivity contribution in [2.24, 2.45) is 5.73 Å². The molecule has 0 amide bonds. The van der Waals surface area contributed by atoms with Crippen molar-refractivity contribution in [3.63, 3.8) is 0 Å². The molecule has 0 spiro atoms. The molecule has 5 heteroatoms. The topological polar surface area (TPSA) is 55.0 Å². The molecule has 2 rings (SSSR count). The Balaban J connectivity index is 2.39. The first-order valence-corrected chi connectivity index (χ1v) is 6.08. The zero-order valence-electron chi connectivity index (χ0n) is 10.1. The van der Waals surface area contributed by atoms with E-state index in [4.69, 9.17) is 18.0 Å². The van der Waals surface area contributed by atoms with E-state index in [0.717, 1.165) is 12.2 Å². The lowest BCUT2D eigenvalue weighted by molar-refractivity contribution is 0.943. The van der Waals surface area contributed by atoms with Gasteiger partial charge in [0, 0.05) is 18.4 Å². The Hall–Kier alpha value is -2.01. The average Bonchev–Trinajstić information content (AvgIpc) is 2.41. The van der Waals surface area contributed by atoms with Crippen LogP contribution in [0, 0.1) is 0 Å². The summed E-state index contributed by atoms with van der Waals surface area (Å²) in [6, 6.07) is 11.7. The fourth-order valence-corrected chi connectivity index (χ4v) is 1.78. The number of hydrogen-bond acceptors (Lipinski definition) is 4. The minimum Gasteiger partial charge on any atom is -0.388 e. The quantitative estimate of drug-likeness (QED) is 0.853. The molecule has 0 saturated carbocycles. The normalized spacial score (nSPS) is 10.1. The molecule has 4 nitrogen and oxygen atoms in total. The molecule has 2 N–H and O–H groups in total. The van der Waals surface area contributed by atoms with Gasteiger partial charge in [0.2, 0.25) is 5.95 Å². The molecular formula is C13H14N4S. The Morgan fingerprint density at radius 1 is 1.28 bits per heavy atom. The fourth-order valence-electron chi connectivity index (χ4n) is 1.66. The highest BCUT2D eigenvalue weighted by molar-refractivity contribution is 7.80. The molecule has 0 aliphatic heterocycles. The van der Waals surface area contributed by atoms with Crippen LogP contribution in [0.15, 0.2) is 42.6 Å². The van der Waals surface area contributed by atoms with Crippen LogP contribution in [-0.4, -0.2) is 21.5 Å². The van der Waals surface area contributed by atoms with Crippen molar-refractivity contribution >= 4 is 28.8 Å². The van der Waals surface area contributed by atoms with E-state index in [1.54, 1.807) is 12.3 Å². The number of nitrogens with zero attached hydrogens (tertiary/aromatic N) is 3. The van der Waals surface area contributed by atoms with Gasteiger partial charge in [0.15, 0.2) is 0 Å². The Bertz CT molecular complexity index is 542. The highest BCUT2D eigenvalue weighted by Gasteiger charge is 2.10. The molecule has 2 aromatic rings. The van der Waals surface area contributed by atoms with Crippen LogP contribution in [0.1, 0.15) is 12.6 Å². The fraction of sp³-hybridized carbons (Fsp3) is 0.154. The van der Waals surface area contributed by atoms with E-state index >= 15 is 0 Å². The van der Waals surface area contributed by atoms with Gasteiger partial charge in [-0.1, -0.05) is 30.4 Å². The first-order valence-electron chi connectivity index (χ1n) is 5.68. The second-order valence-electron chi connectivity index (χ2n) is 3.69. The zero-order chi connectivity index (χ0) is 13.0. The highest BCUT2D eigenvalue weighted by atomic mass is 32.1. The van der Waals surface area contributed by atoms with Gasteiger partial charge in [0.1, 0.15) is 10.7 Å². The first-order chi connectivity index (χ1) is 8.72. The van der Waals surface area contributed by atoms with E-state index in [-0.39, 0.29) is 4.99 Å². The van der Waals surface area contributed by atoms with Crippen LogP contribution >= 0.6 is 12.2 Å². The van der Waals surface area contributed by atoms with Crippen molar-refractivity contribution in [3.8, 4) is 0 Å². The number of anilines is 2. The summed E-state index contributed by atoms with van der Waals surface area (Å²) in [7, 11) is 0. The number of thiocarbonyl (C=S) groups is 1. The van der Waals surface area contributed by atoms with Crippen LogP contribution in [0.2, 0.25) is 0 Å². The van der Waals surface area contributed by atoms with Gasteiger partial charge in [-0.15, -0.1) is 0 Å². The van der Waals surface area contributed by atoms with E-state index in [1.807, 2.05) is 42.2 Å². The van der Waals surface area contributed by atoms with Gasteiger partial charge < -0.3 is 10.6 Å². The predicted octanol–water partition coefficient (Wildman–Crippen LogP) is 2.27. The molecule has 0 fully saturated rings. The lowest BCUT2D eigenvalue weighted by Crippen LogP contribution is -2.21. The third-order valence-corrected chi connectivity index (χ3v) is 2.73. The minimum atomic E-state index is 0.280. The standard InChI is InChI=1S/C13H14N4S/c1-2-17(10-6-4-3-5-7-10)13-15-9-8-11(16-13)12(14)18/h3-9H,2H2,1H3,(H2,14,18). The van der Waals surface area contributed by atoms with Crippen LogP contribution in [0.4, 0.5) is 11.6 Å².